The lowest BCUT2D eigenvalue weighted by atomic mass is 10.2. The molecule has 4 atom stereocenters. The van der Waals surface area contributed by atoms with Gasteiger partial charge in [-0.15, -0.1) is 0 Å². The minimum Gasteiger partial charge on any atom is -0.463 e. The van der Waals surface area contributed by atoms with E-state index in [1.165, 1.54) is 6.92 Å². The van der Waals surface area contributed by atoms with Gasteiger partial charge in [0.05, 0.1) is 18.8 Å². The molecule has 1 aromatic carbocycles. The summed E-state index contributed by atoms with van der Waals surface area (Å²) in [5, 5.41) is 2.87. The van der Waals surface area contributed by atoms with Crippen molar-refractivity contribution in [3.63, 3.8) is 0 Å². The molecule has 1 heterocycles. The van der Waals surface area contributed by atoms with E-state index >= 15 is 0 Å². The maximum absolute atomic E-state index is 12.2. The number of nitrogens with one attached hydrogen (secondary N) is 1. The van der Waals surface area contributed by atoms with Crippen LogP contribution in [0.2, 0.25) is 0 Å². The normalized spacial score (nSPS) is 27.8. The van der Waals surface area contributed by atoms with Crippen molar-refractivity contribution in [2.24, 2.45) is 0 Å². The van der Waals surface area contributed by atoms with E-state index in [0.717, 1.165) is 5.56 Å². The molecule has 2 aliphatic rings. The average molecular weight is 393 g/mol. The van der Waals surface area contributed by atoms with E-state index < -0.39 is 11.9 Å². The van der Waals surface area contributed by atoms with E-state index in [0.29, 0.717) is 6.42 Å². The molecule has 28 heavy (non-hydrogen) atoms. The maximum atomic E-state index is 12.2. The summed E-state index contributed by atoms with van der Waals surface area (Å²) < 4.78 is 28.0. The minimum atomic E-state index is -0.763. The summed E-state index contributed by atoms with van der Waals surface area (Å²) in [5.41, 5.74) is 0.912. The van der Waals surface area contributed by atoms with Gasteiger partial charge in [-0.05, 0) is 25.8 Å². The van der Waals surface area contributed by atoms with Gasteiger partial charge < -0.3 is 29.0 Å². The monoisotopic (exact) mass is 393 g/mol. The van der Waals surface area contributed by atoms with E-state index in [2.05, 4.69) is 5.32 Å². The average Bonchev–Trinajstić information content (AvgIpc) is 3.12. The highest BCUT2D eigenvalue weighted by Gasteiger charge is 2.55. The minimum absolute atomic E-state index is 0.171. The van der Waals surface area contributed by atoms with Crippen LogP contribution >= 0.6 is 0 Å². The first kappa shape index (κ1) is 20.6. The van der Waals surface area contributed by atoms with Crippen molar-refractivity contribution in [3.05, 3.63) is 35.9 Å². The third kappa shape index (κ3) is 5.43. The molecule has 1 amide bonds. The predicted octanol–water partition coefficient (Wildman–Crippen LogP) is 2.15. The lowest BCUT2D eigenvalue weighted by molar-refractivity contribution is -0.170. The second kappa shape index (κ2) is 8.89. The Balaban J connectivity index is 1.53. The molecule has 1 aliphatic carbocycles. The zero-order chi connectivity index (χ0) is 20.1. The standard InChI is InChI=1S/C20H27NO7/c1-13(22)24-9-10-25-16-11-15(17-18(16)28-20(2,3)27-17)21-19(23)26-12-14-7-5-4-6-8-14/h4-8,15-18H,9-12H2,1-3H3,(H,21,23). The molecule has 154 valence electrons. The molecule has 0 aromatic heterocycles. The number of hydrogen-bond acceptors (Lipinski definition) is 7. The Bertz CT molecular complexity index is 678. The van der Waals surface area contributed by atoms with E-state index in [9.17, 15) is 9.59 Å². The molecule has 4 unspecified atom stereocenters. The first-order chi connectivity index (χ1) is 13.3. The van der Waals surface area contributed by atoms with Crippen LogP contribution in [-0.2, 0) is 35.1 Å². The summed E-state index contributed by atoms with van der Waals surface area (Å²) >= 11 is 0. The van der Waals surface area contributed by atoms with Crippen LogP contribution in [0.3, 0.4) is 0 Å². The molecule has 2 fully saturated rings. The Labute approximate surface area is 164 Å². The molecule has 1 aliphatic heterocycles. The summed E-state index contributed by atoms with van der Waals surface area (Å²) in [6, 6.07) is 9.17. The number of rotatable bonds is 7. The third-order valence-electron chi connectivity index (χ3n) is 4.65. The summed E-state index contributed by atoms with van der Waals surface area (Å²) in [4.78, 5) is 23.1. The van der Waals surface area contributed by atoms with Crippen LogP contribution in [0.1, 0.15) is 32.8 Å². The Kier molecular flexibility index (Phi) is 6.53. The lowest BCUT2D eigenvalue weighted by Gasteiger charge is -2.24. The predicted molar refractivity (Wildman–Crippen MR) is 98.4 cm³/mol. The molecule has 1 aromatic rings. The number of hydrogen-bond donors (Lipinski definition) is 1. The molecular weight excluding hydrogens is 366 g/mol. The number of ether oxygens (including phenoxy) is 5. The topological polar surface area (TPSA) is 92.3 Å². The van der Waals surface area contributed by atoms with Gasteiger partial charge in [0.2, 0.25) is 0 Å². The SMILES string of the molecule is CC(=O)OCCOC1CC(NC(=O)OCc2ccccc2)C2OC(C)(C)OC12. The Morgan fingerprint density at radius 3 is 2.54 bits per heavy atom. The zero-order valence-electron chi connectivity index (χ0n) is 16.4. The molecule has 3 rings (SSSR count). The highest BCUT2D eigenvalue weighted by Crippen LogP contribution is 2.39. The van der Waals surface area contributed by atoms with E-state index in [4.69, 9.17) is 23.7 Å². The van der Waals surface area contributed by atoms with E-state index in [1.54, 1.807) is 0 Å². The number of esters is 1. The van der Waals surface area contributed by atoms with Crippen LogP contribution in [0.15, 0.2) is 30.3 Å². The van der Waals surface area contributed by atoms with Crippen LogP contribution in [0.4, 0.5) is 4.79 Å². The van der Waals surface area contributed by atoms with Crippen molar-refractivity contribution in [2.75, 3.05) is 13.2 Å². The molecule has 8 nitrogen and oxygen atoms in total. The summed E-state index contributed by atoms with van der Waals surface area (Å²) in [6.45, 7) is 5.62. The van der Waals surface area contributed by atoms with Crippen molar-refractivity contribution < 1.29 is 33.3 Å². The first-order valence-electron chi connectivity index (χ1n) is 9.42. The summed E-state index contributed by atoms with van der Waals surface area (Å²) in [7, 11) is 0. The van der Waals surface area contributed by atoms with Gasteiger partial charge in [-0.1, -0.05) is 30.3 Å². The number of benzene rings is 1. The molecule has 0 radical (unpaired) electrons. The molecule has 1 saturated heterocycles. The van der Waals surface area contributed by atoms with Gasteiger partial charge in [0.25, 0.3) is 0 Å². The second-order valence-electron chi connectivity index (χ2n) is 7.36. The molecule has 0 spiro atoms. The van der Waals surface area contributed by atoms with Gasteiger partial charge in [-0.2, -0.15) is 0 Å². The number of amides is 1. The van der Waals surface area contributed by atoms with Crippen LogP contribution in [0.5, 0.6) is 0 Å². The zero-order valence-corrected chi connectivity index (χ0v) is 16.4. The van der Waals surface area contributed by atoms with E-state index in [-0.39, 0.29) is 50.1 Å². The fraction of sp³-hybridized carbons (Fsp3) is 0.600. The highest BCUT2D eigenvalue weighted by atomic mass is 16.8. The molecule has 1 N–H and O–H groups in total. The molecule has 1 saturated carbocycles. The smallest absolute Gasteiger partial charge is 0.407 e. The summed E-state index contributed by atoms with van der Waals surface area (Å²) in [5.74, 6) is -1.11. The maximum Gasteiger partial charge on any atom is 0.407 e. The Morgan fingerprint density at radius 1 is 1.11 bits per heavy atom. The number of carbonyl (C=O) groups excluding carboxylic acids is 2. The fourth-order valence-corrected chi connectivity index (χ4v) is 3.54. The van der Waals surface area contributed by atoms with Gasteiger partial charge in [0.1, 0.15) is 25.4 Å². The molecule has 0 bridgehead atoms. The van der Waals surface area contributed by atoms with Gasteiger partial charge in [-0.25, -0.2) is 4.79 Å². The lowest BCUT2D eigenvalue weighted by Crippen LogP contribution is -2.43. The van der Waals surface area contributed by atoms with Crippen LogP contribution in [0.25, 0.3) is 0 Å². The van der Waals surface area contributed by atoms with Gasteiger partial charge >= 0.3 is 12.1 Å². The summed E-state index contributed by atoms with van der Waals surface area (Å²) in [6.07, 6.45) is -0.917. The van der Waals surface area contributed by atoms with Gasteiger partial charge in [-0.3, -0.25) is 4.79 Å². The number of alkyl carbamates (subject to hydrolysis) is 1. The number of carbonyl (C=O) groups is 2. The molecular formula is C20H27NO7. The van der Waals surface area contributed by atoms with Gasteiger partial charge in [0.15, 0.2) is 5.79 Å². The Morgan fingerprint density at radius 2 is 1.82 bits per heavy atom. The Hall–Kier alpha value is -2.16. The van der Waals surface area contributed by atoms with Crippen molar-refractivity contribution in [1.82, 2.24) is 5.32 Å². The first-order valence-corrected chi connectivity index (χ1v) is 9.42. The van der Waals surface area contributed by atoms with E-state index in [1.807, 2.05) is 44.2 Å². The quantitative estimate of drug-likeness (QED) is 0.560. The van der Waals surface area contributed by atoms with Gasteiger partial charge in [0, 0.05) is 6.92 Å². The fourth-order valence-electron chi connectivity index (χ4n) is 3.54. The molecule has 8 heteroatoms. The van der Waals surface area contributed by atoms with Crippen molar-refractivity contribution in [1.29, 1.82) is 0 Å². The second-order valence-corrected chi connectivity index (χ2v) is 7.36. The van der Waals surface area contributed by atoms with Crippen molar-refractivity contribution in [2.45, 2.75) is 63.9 Å². The van der Waals surface area contributed by atoms with Crippen LogP contribution < -0.4 is 5.32 Å². The number of fused-ring (bicyclic) bond motifs is 1. The van der Waals surface area contributed by atoms with Crippen LogP contribution in [0, 0.1) is 0 Å². The van der Waals surface area contributed by atoms with Crippen molar-refractivity contribution in [3.8, 4) is 0 Å². The largest absolute Gasteiger partial charge is 0.463 e. The third-order valence-corrected chi connectivity index (χ3v) is 4.65. The van der Waals surface area contributed by atoms with Crippen molar-refractivity contribution >= 4 is 12.1 Å². The van der Waals surface area contributed by atoms with Crippen LogP contribution in [-0.4, -0.2) is 55.4 Å². The highest BCUT2D eigenvalue weighted by molar-refractivity contribution is 5.68.